The number of carbonyl (C=O) groups excluding carboxylic acids is 1. The summed E-state index contributed by atoms with van der Waals surface area (Å²) in [5.74, 6) is 0.959. The Bertz CT molecular complexity index is 2160. The number of carbonyl (C=O) groups is 1. The normalized spacial score (nSPS) is 25.9. The minimum absolute atomic E-state index is 0.0338. The number of rotatable bonds is 8. The number of nitrogens with zero attached hydrogens (tertiary/aromatic N) is 5. The van der Waals surface area contributed by atoms with Crippen LogP contribution in [0.15, 0.2) is 36.4 Å². The number of methoxy groups -OCH3 is 1. The summed E-state index contributed by atoms with van der Waals surface area (Å²) < 4.78 is 62.6. The lowest BCUT2D eigenvalue weighted by molar-refractivity contribution is 0.00544. The van der Waals surface area contributed by atoms with Crippen molar-refractivity contribution in [2.45, 2.75) is 102 Å². The summed E-state index contributed by atoms with van der Waals surface area (Å²) in [5.41, 5.74) is 0.992. The predicted octanol–water partition coefficient (Wildman–Crippen LogP) is 7.44. The zero-order chi connectivity index (χ0) is 38.2. The number of ether oxygens (including phenoxy) is 5. The summed E-state index contributed by atoms with van der Waals surface area (Å²) in [5, 5.41) is 2.27. The van der Waals surface area contributed by atoms with Gasteiger partial charge in [0, 0.05) is 32.2 Å². The van der Waals surface area contributed by atoms with Gasteiger partial charge in [-0.2, -0.15) is 9.97 Å². The van der Waals surface area contributed by atoms with Crippen molar-refractivity contribution in [1.82, 2.24) is 19.8 Å². The number of anilines is 1. The maximum Gasteiger partial charge on any atom is 0.410 e. The van der Waals surface area contributed by atoms with Crippen LogP contribution in [0.25, 0.3) is 32.8 Å². The summed E-state index contributed by atoms with van der Waals surface area (Å²) in [7, 11) is 1.56. The molecule has 292 valence electrons. The van der Waals surface area contributed by atoms with Crippen molar-refractivity contribution in [3.8, 4) is 28.6 Å². The van der Waals surface area contributed by atoms with E-state index in [1.165, 1.54) is 0 Å². The number of fused-ring (bicyclic) bond motifs is 7. The molecule has 5 atom stereocenters. The molecule has 4 fully saturated rings. The molecule has 5 aliphatic rings. The van der Waals surface area contributed by atoms with E-state index in [4.69, 9.17) is 33.7 Å². The van der Waals surface area contributed by atoms with Crippen LogP contribution < -0.4 is 19.1 Å². The quantitative estimate of drug-likeness (QED) is 0.169. The van der Waals surface area contributed by atoms with Crippen molar-refractivity contribution in [3.05, 3.63) is 47.8 Å². The van der Waals surface area contributed by atoms with E-state index in [9.17, 15) is 9.18 Å². The fraction of sp³-hybridized carbons (Fsp3) is 0.548. The van der Waals surface area contributed by atoms with Crippen molar-refractivity contribution in [3.63, 3.8) is 0 Å². The molecule has 13 heteroatoms. The van der Waals surface area contributed by atoms with Gasteiger partial charge in [-0.3, -0.25) is 9.80 Å². The molecule has 0 aliphatic carbocycles. The van der Waals surface area contributed by atoms with Crippen molar-refractivity contribution < 1.29 is 37.3 Å². The van der Waals surface area contributed by atoms with Crippen LogP contribution in [-0.2, 0) is 15.9 Å². The molecule has 1 aromatic heterocycles. The van der Waals surface area contributed by atoms with E-state index < -0.39 is 23.1 Å². The minimum atomic E-state index is -0.922. The van der Waals surface area contributed by atoms with Gasteiger partial charge in [0.05, 0.1) is 29.1 Å². The van der Waals surface area contributed by atoms with E-state index >= 15 is 4.39 Å². The Labute approximate surface area is 319 Å². The fourth-order valence-electron chi connectivity index (χ4n) is 9.89. The first kappa shape index (κ1) is 36.2. The Morgan fingerprint density at radius 3 is 2.71 bits per heavy atom. The van der Waals surface area contributed by atoms with Gasteiger partial charge < -0.3 is 28.6 Å². The summed E-state index contributed by atoms with van der Waals surface area (Å²) in [6, 6.07) is 11.0. The fourth-order valence-corrected chi connectivity index (χ4v) is 9.89. The van der Waals surface area contributed by atoms with E-state index in [2.05, 4.69) is 22.8 Å². The van der Waals surface area contributed by atoms with E-state index in [-0.39, 0.29) is 55.8 Å². The molecule has 0 unspecified atom stereocenters. The molecule has 0 spiro atoms. The number of aryl methyl sites for hydroxylation is 1. The molecule has 0 radical (unpaired) electrons. The molecule has 2 bridgehead atoms. The highest BCUT2D eigenvalue weighted by atomic mass is 19.1. The van der Waals surface area contributed by atoms with E-state index in [1.807, 2.05) is 49.9 Å². The van der Waals surface area contributed by atoms with Crippen LogP contribution in [-0.4, -0.2) is 108 Å². The molecule has 0 N–H and O–H groups in total. The number of hydrogen-bond donors (Lipinski definition) is 0. The summed E-state index contributed by atoms with van der Waals surface area (Å²) in [4.78, 5) is 29.7. The predicted molar refractivity (Wildman–Crippen MR) is 204 cm³/mol. The lowest BCUT2D eigenvalue weighted by Crippen LogP contribution is -2.63. The second kappa shape index (κ2) is 13.6. The van der Waals surface area contributed by atoms with Gasteiger partial charge in [-0.05, 0) is 99.5 Å². The van der Waals surface area contributed by atoms with Gasteiger partial charge in [0.2, 0.25) is 0 Å². The van der Waals surface area contributed by atoms with Crippen LogP contribution in [0.1, 0.15) is 65.4 Å². The Balaban J connectivity index is 1.20. The van der Waals surface area contributed by atoms with Crippen LogP contribution in [0.5, 0.6) is 17.5 Å². The topological polar surface area (TPSA) is 98.7 Å². The molecule has 4 aromatic rings. The van der Waals surface area contributed by atoms with Crippen molar-refractivity contribution >= 4 is 33.6 Å². The van der Waals surface area contributed by atoms with Gasteiger partial charge in [-0.25, -0.2) is 13.6 Å². The average Bonchev–Trinajstić information content (AvgIpc) is 3.76. The second-order valence-electron chi connectivity index (χ2n) is 16.8. The van der Waals surface area contributed by atoms with Crippen molar-refractivity contribution in [1.29, 1.82) is 0 Å². The Kier molecular flexibility index (Phi) is 8.95. The second-order valence-corrected chi connectivity index (χ2v) is 16.8. The van der Waals surface area contributed by atoms with Crippen LogP contribution in [0, 0.1) is 5.82 Å². The van der Waals surface area contributed by atoms with Crippen molar-refractivity contribution in [2.75, 3.05) is 51.7 Å². The molecule has 55 heavy (non-hydrogen) atoms. The van der Waals surface area contributed by atoms with Gasteiger partial charge in [0.25, 0.3) is 0 Å². The molecule has 1 amide bonds. The zero-order valence-electron chi connectivity index (χ0n) is 32.2. The molecule has 3 aromatic carbocycles. The van der Waals surface area contributed by atoms with E-state index in [0.717, 1.165) is 55.0 Å². The first-order chi connectivity index (χ1) is 26.5. The van der Waals surface area contributed by atoms with Gasteiger partial charge in [-0.1, -0.05) is 25.1 Å². The molecule has 11 nitrogen and oxygen atoms in total. The number of amides is 1. The standard InChI is InChI=1S/C42H49F2N5O6/c1-6-24-9-7-10-25-15-28(54-23-51-5)16-29(34(24)25)30-17-33-35-37(36(30)44)45-39(53-22-42-13-8-14-47(42)19-26(43)18-42)46-38(35)48-20-27-11-12-31(32(48)21-52-33)49(27)40(50)55-41(2,3)4/h7,9-10,15-17,26-27,31-32H,6,8,11-14,18-23H2,1-5H3/t26-,27+,31-,32-,42-/m1/s1. The molecular weight excluding hydrogens is 708 g/mol. The minimum Gasteiger partial charge on any atom is -0.490 e. The van der Waals surface area contributed by atoms with Crippen molar-refractivity contribution in [2.24, 2.45) is 0 Å². The SMILES string of the molecule is CCc1cccc2cc(OCOC)cc(-c3cc4c5c(nc(OC[C@]67CCCN6C[C@H](F)C7)nc5c3F)N3C[C@@H]5CC[C@H]([C@H]3CO4)N5C(=O)OC(C)(C)C)c12. The monoisotopic (exact) mass is 757 g/mol. The highest BCUT2D eigenvalue weighted by Gasteiger charge is 2.52. The van der Waals surface area contributed by atoms with Crippen LogP contribution in [0.2, 0.25) is 0 Å². The Morgan fingerprint density at radius 2 is 1.91 bits per heavy atom. The first-order valence-electron chi connectivity index (χ1n) is 19.6. The maximum absolute atomic E-state index is 17.6. The zero-order valence-corrected chi connectivity index (χ0v) is 32.2. The van der Waals surface area contributed by atoms with Crippen LogP contribution in [0.3, 0.4) is 0 Å². The highest BCUT2D eigenvalue weighted by Crippen LogP contribution is 2.48. The third-order valence-electron chi connectivity index (χ3n) is 12.2. The van der Waals surface area contributed by atoms with E-state index in [0.29, 0.717) is 53.3 Å². The van der Waals surface area contributed by atoms with Crippen LogP contribution >= 0.6 is 0 Å². The number of piperazine rings is 1. The number of aromatic nitrogens is 2. The lowest BCUT2D eigenvalue weighted by atomic mass is 9.92. The van der Waals surface area contributed by atoms with Gasteiger partial charge in [0.1, 0.15) is 47.8 Å². The number of hydrogen-bond acceptors (Lipinski definition) is 10. The van der Waals surface area contributed by atoms with Gasteiger partial charge in [0.15, 0.2) is 12.6 Å². The molecule has 5 aliphatic heterocycles. The number of alkyl halides is 1. The van der Waals surface area contributed by atoms with Gasteiger partial charge in [-0.15, -0.1) is 0 Å². The Hall–Kier alpha value is -4.49. The third kappa shape index (κ3) is 6.18. The summed E-state index contributed by atoms with van der Waals surface area (Å²) in [6.07, 6.45) is 3.20. The molecule has 6 heterocycles. The molecular formula is C42H49F2N5O6. The highest BCUT2D eigenvalue weighted by molar-refractivity contribution is 6.05. The summed E-state index contributed by atoms with van der Waals surface area (Å²) in [6.45, 7) is 9.83. The maximum atomic E-state index is 17.6. The third-order valence-corrected chi connectivity index (χ3v) is 12.2. The first-order valence-corrected chi connectivity index (χ1v) is 19.6. The molecule has 0 saturated carbocycles. The Morgan fingerprint density at radius 1 is 1.05 bits per heavy atom. The van der Waals surface area contributed by atoms with Crippen LogP contribution in [0.4, 0.5) is 19.4 Å². The summed E-state index contributed by atoms with van der Waals surface area (Å²) >= 11 is 0. The number of benzene rings is 3. The molecule has 9 rings (SSSR count). The smallest absolute Gasteiger partial charge is 0.410 e. The lowest BCUT2D eigenvalue weighted by Gasteiger charge is -2.46. The average molecular weight is 758 g/mol. The molecule has 4 saturated heterocycles. The largest absolute Gasteiger partial charge is 0.490 e. The number of halogens is 2. The van der Waals surface area contributed by atoms with Gasteiger partial charge >= 0.3 is 12.1 Å². The van der Waals surface area contributed by atoms with E-state index in [1.54, 1.807) is 13.2 Å².